The summed E-state index contributed by atoms with van der Waals surface area (Å²) in [6, 6.07) is 8.61. The third-order valence-corrected chi connectivity index (χ3v) is 2.58. The number of ether oxygens (including phenoxy) is 2. The molecular formula is C12H14Ac2O5. The quantitative estimate of drug-likeness (QED) is 0.447. The molecule has 0 bridgehead atoms. The van der Waals surface area contributed by atoms with E-state index < -0.39 is 24.5 Å². The van der Waals surface area contributed by atoms with Crippen molar-refractivity contribution in [2.24, 2.45) is 0 Å². The Morgan fingerprint density at radius 3 is 2.42 bits per heavy atom. The van der Waals surface area contributed by atoms with Gasteiger partial charge in [0.15, 0.2) is 6.29 Å². The summed E-state index contributed by atoms with van der Waals surface area (Å²) < 4.78 is 10.0. The van der Waals surface area contributed by atoms with E-state index in [1.54, 1.807) is 24.3 Å². The Hall–Kier alpha value is 1.45. The molecule has 5 nitrogen and oxygen atoms in total. The number of esters is 1. The van der Waals surface area contributed by atoms with E-state index >= 15 is 0 Å². The van der Waals surface area contributed by atoms with Crippen molar-refractivity contribution in [2.75, 3.05) is 6.61 Å². The van der Waals surface area contributed by atoms with Gasteiger partial charge in [-0.3, -0.25) is 0 Å². The van der Waals surface area contributed by atoms with Gasteiger partial charge in [-0.15, -0.1) is 0 Å². The van der Waals surface area contributed by atoms with Crippen molar-refractivity contribution in [3.05, 3.63) is 35.9 Å². The fourth-order valence-electron chi connectivity index (χ4n) is 1.66. The van der Waals surface area contributed by atoms with Gasteiger partial charge in [0.2, 0.25) is 0 Å². The molecule has 98 valence electrons. The molecule has 0 aromatic heterocycles. The van der Waals surface area contributed by atoms with Crippen LogP contribution in [0.15, 0.2) is 30.3 Å². The molecule has 2 radical (unpaired) electrons. The van der Waals surface area contributed by atoms with Crippen LogP contribution in [0.25, 0.3) is 0 Å². The molecule has 3 unspecified atom stereocenters. The van der Waals surface area contributed by atoms with E-state index in [9.17, 15) is 9.90 Å². The van der Waals surface area contributed by atoms with E-state index in [1.165, 1.54) is 0 Å². The Morgan fingerprint density at radius 2 is 1.89 bits per heavy atom. The van der Waals surface area contributed by atoms with Gasteiger partial charge < -0.3 is 19.7 Å². The number of aliphatic hydroxyl groups excluding tert-OH is 2. The third kappa shape index (κ3) is 6.39. The predicted octanol–water partition coefficient (Wildman–Crippen LogP) is 0.312. The molecule has 3 atom stereocenters. The van der Waals surface area contributed by atoms with Crippen LogP contribution < -0.4 is 0 Å². The van der Waals surface area contributed by atoms with Crippen molar-refractivity contribution in [3.8, 4) is 0 Å². The molecule has 1 aliphatic heterocycles. The molecule has 2 rings (SSSR count). The Morgan fingerprint density at radius 1 is 1.26 bits per heavy atom. The Labute approximate surface area is 183 Å². The molecule has 1 aromatic rings. The molecule has 0 amide bonds. The van der Waals surface area contributed by atoms with Crippen molar-refractivity contribution in [2.45, 2.75) is 24.9 Å². The van der Waals surface area contributed by atoms with Gasteiger partial charge in [-0.1, -0.05) is 18.2 Å². The van der Waals surface area contributed by atoms with E-state index in [1.807, 2.05) is 6.07 Å². The van der Waals surface area contributed by atoms with Crippen LogP contribution in [0.1, 0.15) is 16.8 Å². The minimum atomic E-state index is -1.18. The zero-order chi connectivity index (χ0) is 12.3. The number of carbonyl (C=O) groups excluding carboxylic acids is 1. The summed E-state index contributed by atoms with van der Waals surface area (Å²) >= 11 is 0. The van der Waals surface area contributed by atoms with Gasteiger partial charge in [0.05, 0.1) is 11.7 Å². The summed E-state index contributed by atoms with van der Waals surface area (Å²) in [7, 11) is 0. The van der Waals surface area contributed by atoms with Gasteiger partial charge in [-0.2, -0.15) is 0 Å². The first-order chi connectivity index (χ1) is 8.16. The van der Waals surface area contributed by atoms with Gasteiger partial charge in [0.25, 0.3) is 0 Å². The van der Waals surface area contributed by atoms with Gasteiger partial charge in [0, 0.05) is 94.5 Å². The van der Waals surface area contributed by atoms with Crippen molar-refractivity contribution in [1.82, 2.24) is 0 Å². The molecule has 0 spiro atoms. The molecule has 1 saturated heterocycles. The fraction of sp³-hybridized carbons (Fsp3) is 0.417. The number of hydrogen-bond donors (Lipinski definition) is 2. The van der Waals surface area contributed by atoms with Crippen LogP contribution in [0.2, 0.25) is 0 Å². The monoisotopic (exact) mass is 692 g/mol. The van der Waals surface area contributed by atoms with Crippen LogP contribution in [-0.4, -0.2) is 41.3 Å². The molecule has 1 aliphatic rings. The van der Waals surface area contributed by atoms with Gasteiger partial charge in [-0.25, -0.2) is 4.79 Å². The molecule has 19 heavy (non-hydrogen) atoms. The SMILES string of the molecule is O=C(OCC1CC(O)C(O)O1)c1ccccc1.[Ac].[Ac]. The van der Waals surface area contributed by atoms with Crippen molar-refractivity contribution in [1.29, 1.82) is 0 Å². The predicted molar refractivity (Wildman–Crippen MR) is 58.2 cm³/mol. The maximum atomic E-state index is 11.6. The summed E-state index contributed by atoms with van der Waals surface area (Å²) in [6.07, 6.45) is -2.28. The first kappa shape index (κ1) is 20.5. The van der Waals surface area contributed by atoms with E-state index in [4.69, 9.17) is 14.6 Å². The van der Waals surface area contributed by atoms with Crippen LogP contribution in [0.4, 0.5) is 0 Å². The van der Waals surface area contributed by atoms with Crippen LogP contribution >= 0.6 is 0 Å². The van der Waals surface area contributed by atoms with E-state index in [0.717, 1.165) is 0 Å². The average molecular weight is 692 g/mol. The minimum Gasteiger partial charge on any atom is -0.459 e. The van der Waals surface area contributed by atoms with Crippen LogP contribution in [0.5, 0.6) is 0 Å². The molecule has 0 saturated carbocycles. The van der Waals surface area contributed by atoms with Crippen LogP contribution in [0, 0.1) is 88.1 Å². The fourth-order valence-corrected chi connectivity index (χ4v) is 1.66. The van der Waals surface area contributed by atoms with Crippen molar-refractivity contribution in [3.63, 3.8) is 0 Å². The molecule has 1 aromatic carbocycles. The van der Waals surface area contributed by atoms with Gasteiger partial charge in [-0.05, 0) is 12.1 Å². The number of benzene rings is 1. The number of rotatable bonds is 3. The Bertz CT molecular complexity index is 377. The van der Waals surface area contributed by atoms with Crippen molar-refractivity contribution >= 4 is 5.97 Å². The number of aliphatic hydroxyl groups is 2. The standard InChI is InChI=1S/C12H14O5.2Ac/c13-10-6-9(17-12(10)15)7-16-11(14)8-4-2-1-3-5-8;;/h1-5,9-10,12-13,15H,6-7H2;;. The number of carbonyl (C=O) groups is 1. The first-order valence-electron chi connectivity index (χ1n) is 5.40. The maximum absolute atomic E-state index is 11.6. The number of hydrogen-bond acceptors (Lipinski definition) is 5. The van der Waals surface area contributed by atoms with E-state index in [2.05, 4.69) is 0 Å². The van der Waals surface area contributed by atoms with Gasteiger partial charge >= 0.3 is 5.97 Å². The van der Waals surface area contributed by atoms with Crippen LogP contribution in [0.3, 0.4) is 0 Å². The summed E-state index contributed by atoms with van der Waals surface area (Å²) in [5.74, 6) is -0.440. The molecule has 1 fully saturated rings. The second-order valence-electron chi connectivity index (χ2n) is 3.92. The third-order valence-electron chi connectivity index (χ3n) is 2.58. The molecular weight excluding hydrogens is 678 g/mol. The summed E-state index contributed by atoms with van der Waals surface area (Å²) in [6.45, 7) is 0.0296. The van der Waals surface area contributed by atoms with E-state index in [0.29, 0.717) is 5.56 Å². The van der Waals surface area contributed by atoms with Crippen LogP contribution in [-0.2, 0) is 9.47 Å². The van der Waals surface area contributed by atoms with Crippen molar-refractivity contribution < 1.29 is 113 Å². The average Bonchev–Trinajstić information content (AvgIpc) is 2.67. The molecule has 0 aliphatic carbocycles. The zero-order valence-corrected chi connectivity index (χ0v) is 19.8. The zero-order valence-electron chi connectivity index (χ0n) is 10.3. The summed E-state index contributed by atoms with van der Waals surface area (Å²) in [4.78, 5) is 11.6. The Balaban J connectivity index is 0.00000162. The first-order valence-corrected chi connectivity index (χ1v) is 5.40. The normalized spacial score (nSPS) is 25.1. The largest absolute Gasteiger partial charge is 0.459 e. The smallest absolute Gasteiger partial charge is 0.338 e. The van der Waals surface area contributed by atoms with E-state index in [-0.39, 0.29) is 101 Å². The summed E-state index contributed by atoms with van der Waals surface area (Å²) in [5.41, 5.74) is 0.464. The molecule has 1 heterocycles. The molecule has 7 heteroatoms. The topological polar surface area (TPSA) is 76.0 Å². The Kier molecular flexibility index (Phi) is 11.0. The maximum Gasteiger partial charge on any atom is 0.338 e. The second-order valence-corrected chi connectivity index (χ2v) is 3.92. The van der Waals surface area contributed by atoms with Gasteiger partial charge in [0.1, 0.15) is 12.7 Å². The second kappa shape index (κ2) is 10.2. The minimum absolute atomic E-state index is 0. The molecule has 2 N–H and O–H groups in total. The summed E-state index contributed by atoms with van der Waals surface area (Å²) in [5, 5.41) is 18.4.